The molecular formula is C6H10NOS+. The first-order valence-corrected chi connectivity index (χ1v) is 3.67. The van der Waals surface area contributed by atoms with Gasteiger partial charge in [-0.05, 0) is 0 Å². The second-order valence-corrected chi connectivity index (χ2v) is 2.93. The molecule has 9 heavy (non-hydrogen) atoms. The van der Waals surface area contributed by atoms with Crippen molar-refractivity contribution < 1.29 is 9.67 Å². The quantitative estimate of drug-likeness (QED) is 0.566. The van der Waals surface area contributed by atoms with Gasteiger partial charge in [0.1, 0.15) is 13.7 Å². The molecule has 0 atom stereocenters. The molecule has 1 rings (SSSR count). The molecule has 0 saturated carbocycles. The van der Waals surface area contributed by atoms with Crippen LogP contribution < -0.4 is 4.57 Å². The fraction of sp³-hybridized carbons (Fsp3) is 0.500. The minimum atomic E-state index is 0.148. The predicted octanol–water partition coefficient (Wildman–Crippen LogP) is 0.373. The van der Waals surface area contributed by atoms with E-state index in [-0.39, 0.29) is 6.61 Å². The monoisotopic (exact) mass is 144 g/mol. The lowest BCUT2D eigenvalue weighted by Gasteiger charge is -1.85. The second-order valence-electron chi connectivity index (χ2n) is 1.99. The van der Waals surface area contributed by atoms with E-state index < -0.39 is 0 Å². The number of thiazole rings is 1. The van der Waals surface area contributed by atoms with Gasteiger partial charge in [0.15, 0.2) is 5.69 Å². The van der Waals surface area contributed by atoms with Crippen molar-refractivity contribution in [2.24, 2.45) is 7.05 Å². The van der Waals surface area contributed by atoms with Gasteiger partial charge in [0.25, 0.3) is 5.01 Å². The van der Waals surface area contributed by atoms with Crippen LogP contribution in [0, 0.1) is 6.92 Å². The molecule has 50 valence electrons. The summed E-state index contributed by atoms with van der Waals surface area (Å²) in [7, 11) is 1.96. The van der Waals surface area contributed by atoms with Crippen LogP contribution in [-0.4, -0.2) is 5.11 Å². The van der Waals surface area contributed by atoms with Gasteiger partial charge in [-0.2, -0.15) is 4.57 Å². The van der Waals surface area contributed by atoms with E-state index >= 15 is 0 Å². The number of aryl methyl sites for hydroxylation is 1. The number of hydrogen-bond donors (Lipinski definition) is 1. The summed E-state index contributed by atoms with van der Waals surface area (Å²) in [4.78, 5) is 0. The van der Waals surface area contributed by atoms with Crippen LogP contribution in [-0.2, 0) is 13.7 Å². The standard InChI is InChI=1S/C6H10NOS/c1-5-4-9-6(3-8)7(5)2/h4,8H,3H2,1-2H3/q+1. The highest BCUT2D eigenvalue weighted by Gasteiger charge is 2.09. The van der Waals surface area contributed by atoms with Crippen molar-refractivity contribution in [2.75, 3.05) is 0 Å². The lowest BCUT2D eigenvalue weighted by Crippen LogP contribution is -2.32. The molecule has 0 aliphatic heterocycles. The van der Waals surface area contributed by atoms with E-state index in [9.17, 15) is 0 Å². The van der Waals surface area contributed by atoms with Crippen molar-refractivity contribution >= 4 is 11.3 Å². The summed E-state index contributed by atoms with van der Waals surface area (Å²) in [5, 5.41) is 11.8. The molecular weight excluding hydrogens is 134 g/mol. The number of rotatable bonds is 1. The van der Waals surface area contributed by atoms with E-state index in [2.05, 4.69) is 0 Å². The van der Waals surface area contributed by atoms with E-state index in [0.29, 0.717) is 0 Å². The third-order valence-corrected chi connectivity index (χ3v) is 2.54. The Morgan fingerprint density at radius 2 is 2.44 bits per heavy atom. The highest BCUT2D eigenvalue weighted by molar-refractivity contribution is 7.09. The Hall–Kier alpha value is -0.410. The smallest absolute Gasteiger partial charge is 0.263 e. The van der Waals surface area contributed by atoms with E-state index in [0.717, 1.165) is 5.01 Å². The maximum Gasteiger partial charge on any atom is 0.263 e. The SMILES string of the molecule is Cc1csc(CO)[n+]1C. The van der Waals surface area contributed by atoms with Crippen molar-refractivity contribution in [1.82, 2.24) is 0 Å². The number of nitrogens with zero attached hydrogens (tertiary/aromatic N) is 1. The minimum Gasteiger partial charge on any atom is -0.384 e. The number of aliphatic hydroxyl groups excluding tert-OH is 1. The van der Waals surface area contributed by atoms with Crippen molar-refractivity contribution in [3.05, 3.63) is 16.1 Å². The Morgan fingerprint density at radius 3 is 2.67 bits per heavy atom. The van der Waals surface area contributed by atoms with E-state index in [1.54, 1.807) is 11.3 Å². The first-order valence-electron chi connectivity index (χ1n) is 2.79. The Balaban J connectivity index is 3.04. The average Bonchev–Trinajstić information content (AvgIpc) is 2.15. The lowest BCUT2D eigenvalue weighted by atomic mass is 10.5. The average molecular weight is 144 g/mol. The number of aromatic nitrogens is 1. The van der Waals surface area contributed by atoms with Crippen molar-refractivity contribution in [1.29, 1.82) is 0 Å². The van der Waals surface area contributed by atoms with E-state index in [4.69, 9.17) is 5.11 Å². The fourth-order valence-corrected chi connectivity index (χ4v) is 1.49. The minimum absolute atomic E-state index is 0.148. The Bertz CT molecular complexity index is 207. The molecule has 1 N–H and O–H groups in total. The predicted molar refractivity (Wildman–Crippen MR) is 36.2 cm³/mol. The third-order valence-electron chi connectivity index (χ3n) is 1.40. The zero-order valence-electron chi connectivity index (χ0n) is 5.59. The van der Waals surface area contributed by atoms with Crippen molar-refractivity contribution in [3.8, 4) is 0 Å². The van der Waals surface area contributed by atoms with Gasteiger partial charge < -0.3 is 5.11 Å². The van der Waals surface area contributed by atoms with Crippen LogP contribution in [0.25, 0.3) is 0 Å². The third kappa shape index (κ3) is 1.11. The maximum absolute atomic E-state index is 8.72. The first kappa shape index (κ1) is 6.71. The Labute approximate surface area is 58.4 Å². The normalized spacial score (nSPS) is 10.1. The molecule has 0 aliphatic rings. The zero-order chi connectivity index (χ0) is 6.85. The maximum atomic E-state index is 8.72. The van der Waals surface area contributed by atoms with E-state index in [1.165, 1.54) is 5.69 Å². The summed E-state index contributed by atoms with van der Waals surface area (Å²) >= 11 is 1.59. The Kier molecular flexibility index (Phi) is 1.83. The van der Waals surface area contributed by atoms with Gasteiger partial charge in [-0.15, -0.1) is 0 Å². The van der Waals surface area contributed by atoms with Crippen LogP contribution in [0.3, 0.4) is 0 Å². The van der Waals surface area contributed by atoms with E-state index in [1.807, 2.05) is 23.9 Å². The Morgan fingerprint density at radius 1 is 1.78 bits per heavy atom. The summed E-state index contributed by atoms with van der Waals surface area (Å²) in [6.07, 6.45) is 0. The zero-order valence-corrected chi connectivity index (χ0v) is 6.40. The molecule has 0 unspecified atom stereocenters. The largest absolute Gasteiger partial charge is 0.384 e. The van der Waals surface area contributed by atoms with Crippen molar-refractivity contribution in [3.63, 3.8) is 0 Å². The van der Waals surface area contributed by atoms with Gasteiger partial charge in [-0.1, -0.05) is 11.3 Å². The molecule has 2 nitrogen and oxygen atoms in total. The van der Waals surface area contributed by atoms with Gasteiger partial charge >= 0.3 is 0 Å². The van der Waals surface area contributed by atoms with Gasteiger partial charge in [-0.25, -0.2) is 0 Å². The molecule has 0 bridgehead atoms. The van der Waals surface area contributed by atoms with Gasteiger partial charge in [0.2, 0.25) is 0 Å². The topological polar surface area (TPSA) is 24.1 Å². The van der Waals surface area contributed by atoms with Crippen LogP contribution in [0.2, 0.25) is 0 Å². The summed E-state index contributed by atoms with van der Waals surface area (Å²) < 4.78 is 1.99. The highest BCUT2D eigenvalue weighted by atomic mass is 32.1. The molecule has 0 aliphatic carbocycles. The van der Waals surface area contributed by atoms with Crippen LogP contribution >= 0.6 is 11.3 Å². The molecule has 3 heteroatoms. The highest BCUT2D eigenvalue weighted by Crippen LogP contribution is 2.04. The summed E-state index contributed by atoms with van der Waals surface area (Å²) in [5.41, 5.74) is 1.20. The first-order chi connectivity index (χ1) is 4.25. The van der Waals surface area contributed by atoms with Crippen molar-refractivity contribution in [2.45, 2.75) is 13.5 Å². The molecule has 1 aromatic rings. The molecule has 1 heterocycles. The van der Waals surface area contributed by atoms with Gasteiger partial charge in [0, 0.05) is 6.92 Å². The number of aliphatic hydroxyl groups is 1. The fourth-order valence-electron chi connectivity index (χ4n) is 0.651. The molecule has 0 saturated heterocycles. The van der Waals surface area contributed by atoms with Crippen LogP contribution in [0.1, 0.15) is 10.7 Å². The van der Waals surface area contributed by atoms with Crippen LogP contribution in [0.4, 0.5) is 0 Å². The van der Waals surface area contributed by atoms with Gasteiger partial charge in [0.05, 0.1) is 5.38 Å². The molecule has 0 spiro atoms. The summed E-state index contributed by atoms with van der Waals surface area (Å²) in [6, 6.07) is 0. The molecule has 0 fully saturated rings. The molecule has 0 amide bonds. The van der Waals surface area contributed by atoms with Gasteiger partial charge in [-0.3, -0.25) is 0 Å². The van der Waals surface area contributed by atoms with Crippen LogP contribution in [0.5, 0.6) is 0 Å². The lowest BCUT2D eigenvalue weighted by molar-refractivity contribution is -0.681. The summed E-state index contributed by atoms with van der Waals surface area (Å²) in [5.74, 6) is 0. The molecule has 1 aromatic heterocycles. The number of hydrogen-bond acceptors (Lipinski definition) is 2. The summed E-state index contributed by atoms with van der Waals surface area (Å²) in [6.45, 7) is 2.17. The second kappa shape index (κ2) is 2.45. The van der Waals surface area contributed by atoms with Crippen LogP contribution in [0.15, 0.2) is 5.38 Å². The molecule has 0 radical (unpaired) electrons. The molecule has 0 aromatic carbocycles.